The van der Waals surface area contributed by atoms with Gasteiger partial charge in [-0.2, -0.15) is 4.98 Å². The molecule has 35 heavy (non-hydrogen) atoms. The Kier molecular flexibility index (Phi) is 6.88. The molecule has 1 aliphatic heterocycles. The van der Waals surface area contributed by atoms with E-state index in [9.17, 15) is 4.79 Å². The summed E-state index contributed by atoms with van der Waals surface area (Å²) in [5, 5.41) is 0. The molecule has 5 rings (SSSR count). The zero-order valence-electron chi connectivity index (χ0n) is 20.2. The molecule has 0 unspecified atom stereocenters. The molecule has 0 bridgehead atoms. The summed E-state index contributed by atoms with van der Waals surface area (Å²) in [6.45, 7) is 4.23. The summed E-state index contributed by atoms with van der Waals surface area (Å²) in [6, 6.07) is 11.4. The van der Waals surface area contributed by atoms with Crippen molar-refractivity contribution in [2.24, 2.45) is 5.92 Å². The zero-order chi connectivity index (χ0) is 24.2. The second kappa shape index (κ2) is 10.4. The van der Waals surface area contributed by atoms with E-state index in [1.807, 2.05) is 31.2 Å². The topological polar surface area (TPSA) is 86.9 Å². The Bertz CT molecular complexity index is 1130. The van der Waals surface area contributed by atoms with Crippen LogP contribution in [0.3, 0.4) is 0 Å². The number of ketones is 1. The van der Waals surface area contributed by atoms with Gasteiger partial charge in [-0.3, -0.25) is 4.79 Å². The molecule has 0 spiro atoms. The first-order valence-electron chi connectivity index (χ1n) is 12.2. The van der Waals surface area contributed by atoms with Crippen molar-refractivity contribution < 1.29 is 23.4 Å². The second-order valence-corrected chi connectivity index (χ2v) is 9.34. The minimum Gasteiger partial charge on any atom is -0.489 e. The molecule has 0 amide bonds. The van der Waals surface area contributed by atoms with Crippen LogP contribution in [0.4, 0.5) is 5.82 Å². The number of furan rings is 1. The van der Waals surface area contributed by atoms with Gasteiger partial charge in [0.15, 0.2) is 17.4 Å². The van der Waals surface area contributed by atoms with Crippen LogP contribution in [0, 0.1) is 5.92 Å². The van der Waals surface area contributed by atoms with E-state index < -0.39 is 0 Å². The summed E-state index contributed by atoms with van der Waals surface area (Å²) in [5.74, 6) is 3.77. The summed E-state index contributed by atoms with van der Waals surface area (Å²) < 4.78 is 23.0. The molecule has 2 atom stereocenters. The van der Waals surface area contributed by atoms with Crippen LogP contribution in [-0.2, 0) is 0 Å². The first-order chi connectivity index (χ1) is 17.1. The van der Waals surface area contributed by atoms with Gasteiger partial charge in [0.25, 0.3) is 5.88 Å². The monoisotopic (exact) mass is 477 g/mol. The van der Waals surface area contributed by atoms with Gasteiger partial charge in [0, 0.05) is 19.4 Å². The van der Waals surface area contributed by atoms with Crippen molar-refractivity contribution in [3.8, 4) is 17.4 Å². The fourth-order valence-electron chi connectivity index (χ4n) is 4.35. The number of carbonyl (C=O) groups excluding carboxylic acids is 1. The molecule has 8 heteroatoms. The van der Waals surface area contributed by atoms with E-state index in [4.69, 9.17) is 18.6 Å². The Hall–Kier alpha value is -3.55. The lowest BCUT2D eigenvalue weighted by molar-refractivity contribution is 0.0948. The lowest BCUT2D eigenvalue weighted by Gasteiger charge is -2.21. The molecule has 0 radical (unpaired) electrons. The van der Waals surface area contributed by atoms with Crippen molar-refractivity contribution in [2.45, 2.75) is 44.6 Å². The quantitative estimate of drug-likeness (QED) is 0.361. The fraction of sp³-hybridized carbons (Fsp3) is 0.444. The first-order valence-corrected chi connectivity index (χ1v) is 12.2. The number of hydrogen-bond acceptors (Lipinski definition) is 8. The minimum atomic E-state index is 0.00937. The number of rotatable bonds is 11. The standard InChI is InChI=1S/C27H31N3O5/c1-18(14-23(31)24-4-3-13-33-24)20-7-9-21(10-8-20)35-22-11-12-30(15-22)26-25(32-2)27(29-17-28-26)34-16-19-5-6-19/h3-4,7-10,13,17-19,22H,5-6,11-12,14-16H2,1-2H3/t18-,22-/m1/s1. The van der Waals surface area contributed by atoms with E-state index >= 15 is 0 Å². The number of carbonyl (C=O) groups is 1. The van der Waals surface area contributed by atoms with Crippen molar-refractivity contribution >= 4 is 11.6 Å². The van der Waals surface area contributed by atoms with Crippen LogP contribution < -0.4 is 19.1 Å². The molecule has 3 aromatic rings. The third-order valence-corrected chi connectivity index (χ3v) is 6.59. The molecule has 8 nitrogen and oxygen atoms in total. The van der Waals surface area contributed by atoms with Crippen molar-refractivity contribution in [3.63, 3.8) is 0 Å². The number of benzene rings is 1. The van der Waals surface area contributed by atoms with Gasteiger partial charge in [0.1, 0.15) is 18.2 Å². The summed E-state index contributed by atoms with van der Waals surface area (Å²) in [4.78, 5) is 23.2. The molecular formula is C27H31N3O5. The molecule has 1 aliphatic carbocycles. The van der Waals surface area contributed by atoms with Crippen molar-refractivity contribution in [2.75, 3.05) is 31.7 Å². The van der Waals surface area contributed by atoms with Crippen LogP contribution >= 0.6 is 0 Å². The average Bonchev–Trinajstić information content (AvgIpc) is 3.32. The van der Waals surface area contributed by atoms with Gasteiger partial charge in [-0.25, -0.2) is 4.98 Å². The van der Waals surface area contributed by atoms with E-state index in [0.717, 1.165) is 30.1 Å². The third-order valence-electron chi connectivity index (χ3n) is 6.59. The summed E-state index contributed by atoms with van der Waals surface area (Å²) in [5.41, 5.74) is 1.09. The second-order valence-electron chi connectivity index (χ2n) is 9.34. The normalized spacial score (nSPS) is 18.3. The molecule has 2 aliphatic rings. The number of Topliss-reactive ketones (excluding diaryl/α,β-unsaturated/α-hetero) is 1. The van der Waals surface area contributed by atoms with Crippen molar-refractivity contribution in [3.05, 3.63) is 60.3 Å². The van der Waals surface area contributed by atoms with E-state index in [0.29, 0.717) is 42.9 Å². The van der Waals surface area contributed by atoms with E-state index in [1.165, 1.54) is 25.4 Å². The smallest absolute Gasteiger partial charge is 0.262 e. The largest absolute Gasteiger partial charge is 0.489 e. The number of hydrogen-bond donors (Lipinski definition) is 0. The zero-order valence-corrected chi connectivity index (χ0v) is 20.2. The summed E-state index contributed by atoms with van der Waals surface area (Å²) in [6.07, 6.45) is 6.80. The highest BCUT2D eigenvalue weighted by atomic mass is 16.5. The van der Waals surface area contributed by atoms with Crippen LogP contribution in [0.25, 0.3) is 0 Å². The molecular weight excluding hydrogens is 446 g/mol. The van der Waals surface area contributed by atoms with E-state index in [2.05, 4.69) is 14.9 Å². The molecule has 1 saturated carbocycles. The highest BCUT2D eigenvalue weighted by molar-refractivity contribution is 5.93. The maximum Gasteiger partial charge on any atom is 0.262 e. The molecule has 0 N–H and O–H groups in total. The predicted molar refractivity (Wildman–Crippen MR) is 131 cm³/mol. The number of methoxy groups -OCH3 is 1. The molecule has 1 saturated heterocycles. The lowest BCUT2D eigenvalue weighted by atomic mass is 9.95. The van der Waals surface area contributed by atoms with Crippen LogP contribution in [0.15, 0.2) is 53.4 Å². The molecule has 184 valence electrons. The maximum absolute atomic E-state index is 12.3. The van der Waals surface area contributed by atoms with E-state index in [-0.39, 0.29) is 17.8 Å². The number of anilines is 1. The Balaban J connectivity index is 1.17. The summed E-state index contributed by atoms with van der Waals surface area (Å²) in [7, 11) is 1.63. The van der Waals surface area contributed by atoms with Crippen LogP contribution in [0.1, 0.15) is 54.6 Å². The Labute approximate surface area is 205 Å². The molecule has 2 aromatic heterocycles. The van der Waals surface area contributed by atoms with Crippen LogP contribution in [0.5, 0.6) is 17.4 Å². The predicted octanol–water partition coefficient (Wildman–Crippen LogP) is 4.90. The maximum atomic E-state index is 12.3. The summed E-state index contributed by atoms with van der Waals surface area (Å²) >= 11 is 0. The Morgan fingerprint density at radius 3 is 2.71 bits per heavy atom. The Morgan fingerprint density at radius 1 is 1.17 bits per heavy atom. The van der Waals surface area contributed by atoms with Gasteiger partial charge in [0.2, 0.25) is 5.75 Å². The van der Waals surface area contributed by atoms with Gasteiger partial charge in [-0.15, -0.1) is 0 Å². The minimum absolute atomic E-state index is 0.00937. The number of nitrogens with zero attached hydrogens (tertiary/aromatic N) is 3. The van der Waals surface area contributed by atoms with Gasteiger partial charge in [0.05, 0.1) is 26.5 Å². The molecule has 1 aromatic carbocycles. The van der Waals surface area contributed by atoms with Gasteiger partial charge in [-0.05, 0) is 54.5 Å². The van der Waals surface area contributed by atoms with E-state index in [1.54, 1.807) is 19.2 Å². The van der Waals surface area contributed by atoms with Crippen LogP contribution in [0.2, 0.25) is 0 Å². The van der Waals surface area contributed by atoms with Crippen molar-refractivity contribution in [1.29, 1.82) is 0 Å². The first kappa shape index (κ1) is 23.2. The third kappa shape index (κ3) is 5.58. The number of ether oxygens (including phenoxy) is 3. The van der Waals surface area contributed by atoms with Gasteiger partial charge >= 0.3 is 0 Å². The fourth-order valence-corrected chi connectivity index (χ4v) is 4.35. The van der Waals surface area contributed by atoms with Crippen molar-refractivity contribution in [1.82, 2.24) is 9.97 Å². The average molecular weight is 478 g/mol. The molecule has 3 heterocycles. The van der Waals surface area contributed by atoms with Crippen LogP contribution in [-0.4, -0.2) is 48.7 Å². The molecule has 2 fully saturated rings. The Morgan fingerprint density at radius 2 is 2.00 bits per heavy atom. The number of aromatic nitrogens is 2. The highest BCUT2D eigenvalue weighted by Crippen LogP contribution is 2.37. The van der Waals surface area contributed by atoms with Gasteiger partial charge < -0.3 is 23.5 Å². The lowest BCUT2D eigenvalue weighted by Crippen LogP contribution is -2.26. The van der Waals surface area contributed by atoms with Gasteiger partial charge in [-0.1, -0.05) is 19.1 Å². The SMILES string of the molecule is COc1c(OCC2CC2)ncnc1N1CC[C@@H](Oc2ccc([C@H](C)CC(=O)c3ccco3)cc2)C1. The highest BCUT2D eigenvalue weighted by Gasteiger charge is 2.30.